The first-order valence-corrected chi connectivity index (χ1v) is 8.07. The monoisotopic (exact) mass is 318 g/mol. The number of anilines is 1. The molecule has 1 aliphatic heterocycles. The molecule has 0 saturated carbocycles. The van der Waals surface area contributed by atoms with E-state index in [4.69, 9.17) is 0 Å². The van der Waals surface area contributed by atoms with Crippen LogP contribution in [0.15, 0.2) is 59.4 Å². The lowest BCUT2D eigenvalue weighted by atomic mass is 10.0. The van der Waals surface area contributed by atoms with E-state index >= 15 is 0 Å². The molecule has 0 aliphatic carbocycles. The average Bonchev–Trinajstić information content (AvgIpc) is 2.62. The molecule has 120 valence electrons. The van der Waals surface area contributed by atoms with Gasteiger partial charge in [0.05, 0.1) is 0 Å². The Morgan fingerprint density at radius 2 is 1.79 bits per heavy atom. The summed E-state index contributed by atoms with van der Waals surface area (Å²) in [6, 6.07) is 17.3. The maximum Gasteiger partial charge on any atom is 0.300 e. The smallest absolute Gasteiger partial charge is 0.300 e. The minimum absolute atomic E-state index is 0.303. The first-order valence-electron chi connectivity index (χ1n) is 8.07. The molecular formula is C19H18N4O. The Morgan fingerprint density at radius 3 is 2.54 bits per heavy atom. The molecule has 1 N–H and O–H groups in total. The zero-order valence-corrected chi connectivity index (χ0v) is 13.7. The van der Waals surface area contributed by atoms with Gasteiger partial charge in [-0.05, 0) is 25.5 Å². The first kappa shape index (κ1) is 14.6. The van der Waals surface area contributed by atoms with Crippen molar-refractivity contribution in [1.82, 2.24) is 14.8 Å². The maximum absolute atomic E-state index is 12.6. The van der Waals surface area contributed by atoms with Crippen molar-refractivity contribution in [3.63, 3.8) is 0 Å². The lowest BCUT2D eigenvalue weighted by molar-refractivity contribution is 0.312. The second-order valence-electron chi connectivity index (χ2n) is 6.16. The molecule has 1 atom stereocenters. The van der Waals surface area contributed by atoms with Gasteiger partial charge in [0, 0.05) is 16.8 Å². The lowest BCUT2D eigenvalue weighted by Crippen LogP contribution is -2.44. The van der Waals surface area contributed by atoms with Gasteiger partial charge in [0.2, 0.25) is 0 Å². The Balaban J connectivity index is 2.02. The Morgan fingerprint density at radius 1 is 1.08 bits per heavy atom. The second-order valence-corrected chi connectivity index (χ2v) is 6.16. The van der Waals surface area contributed by atoms with E-state index in [0.29, 0.717) is 11.5 Å². The van der Waals surface area contributed by atoms with Gasteiger partial charge < -0.3 is 5.32 Å². The van der Waals surface area contributed by atoms with Crippen molar-refractivity contribution in [3.8, 4) is 22.6 Å². The van der Waals surface area contributed by atoms with E-state index in [9.17, 15) is 4.79 Å². The van der Waals surface area contributed by atoms with Crippen molar-refractivity contribution in [2.24, 2.45) is 0 Å². The summed E-state index contributed by atoms with van der Waals surface area (Å²) >= 11 is 0. The van der Waals surface area contributed by atoms with Gasteiger partial charge in [0.25, 0.3) is 5.56 Å². The van der Waals surface area contributed by atoms with Gasteiger partial charge in [-0.3, -0.25) is 4.79 Å². The number of hydrogen-bond acceptors (Lipinski definition) is 4. The van der Waals surface area contributed by atoms with Crippen LogP contribution in [0.1, 0.15) is 20.3 Å². The zero-order valence-electron chi connectivity index (χ0n) is 13.7. The molecule has 4 rings (SSSR count). The predicted molar refractivity (Wildman–Crippen MR) is 94.7 cm³/mol. The van der Waals surface area contributed by atoms with Crippen LogP contribution in [-0.2, 0) is 5.66 Å². The number of para-hydroxylation sites is 1. The second kappa shape index (κ2) is 5.30. The fourth-order valence-corrected chi connectivity index (χ4v) is 3.05. The van der Waals surface area contributed by atoms with Gasteiger partial charge in [-0.2, -0.15) is 10.1 Å². The van der Waals surface area contributed by atoms with E-state index in [1.165, 1.54) is 0 Å². The fourth-order valence-electron chi connectivity index (χ4n) is 3.05. The SMILES string of the molecule is CC[C@@]1(C)Nc2ccccc2-c2nc(=O)c(-c3ccccc3)nn21. The van der Waals surface area contributed by atoms with Gasteiger partial charge in [-0.25, -0.2) is 4.68 Å². The molecule has 5 nitrogen and oxygen atoms in total. The molecule has 3 aromatic rings. The third-order valence-corrected chi connectivity index (χ3v) is 4.59. The summed E-state index contributed by atoms with van der Waals surface area (Å²) in [5.74, 6) is 0.610. The quantitative estimate of drug-likeness (QED) is 0.786. The summed E-state index contributed by atoms with van der Waals surface area (Å²) in [5, 5.41) is 8.22. The van der Waals surface area contributed by atoms with Gasteiger partial charge in [0.15, 0.2) is 11.5 Å². The molecule has 2 aromatic carbocycles. The standard InChI is InChI=1S/C19H18N4O/c1-3-19(2)21-15-12-8-7-11-14(15)17-20-18(24)16(22-23(17)19)13-9-5-4-6-10-13/h4-12,21H,3H2,1-2H3/t19-/m0/s1. The highest BCUT2D eigenvalue weighted by molar-refractivity contribution is 5.76. The molecule has 0 unspecified atom stereocenters. The number of hydrogen-bond donors (Lipinski definition) is 1. The van der Waals surface area contributed by atoms with Gasteiger partial charge in [-0.1, -0.05) is 49.4 Å². The van der Waals surface area contributed by atoms with Crippen LogP contribution in [0, 0.1) is 0 Å². The molecule has 0 bridgehead atoms. The minimum atomic E-state index is -0.437. The first-order chi connectivity index (χ1) is 11.6. The molecule has 2 heterocycles. The number of aromatic nitrogens is 3. The highest BCUT2D eigenvalue weighted by atomic mass is 16.1. The van der Waals surface area contributed by atoms with Gasteiger partial charge in [0.1, 0.15) is 5.66 Å². The van der Waals surface area contributed by atoms with Crippen molar-refractivity contribution in [2.75, 3.05) is 5.32 Å². The molecule has 5 heteroatoms. The lowest BCUT2D eigenvalue weighted by Gasteiger charge is -2.38. The van der Waals surface area contributed by atoms with E-state index in [1.54, 1.807) is 0 Å². The molecule has 0 spiro atoms. The third kappa shape index (κ3) is 2.12. The molecule has 0 radical (unpaired) electrons. The molecule has 24 heavy (non-hydrogen) atoms. The highest BCUT2D eigenvalue weighted by Gasteiger charge is 2.34. The van der Waals surface area contributed by atoms with E-state index in [-0.39, 0.29) is 5.56 Å². The van der Waals surface area contributed by atoms with Crippen molar-refractivity contribution in [2.45, 2.75) is 25.9 Å². The molecule has 0 fully saturated rings. The number of rotatable bonds is 2. The summed E-state index contributed by atoms with van der Waals surface area (Å²) in [6.07, 6.45) is 0.806. The van der Waals surface area contributed by atoms with Crippen LogP contribution < -0.4 is 10.9 Å². The average molecular weight is 318 g/mol. The Kier molecular flexibility index (Phi) is 3.23. The number of fused-ring (bicyclic) bond motifs is 3. The Labute approximate surface area is 140 Å². The van der Waals surface area contributed by atoms with E-state index in [1.807, 2.05) is 59.3 Å². The third-order valence-electron chi connectivity index (χ3n) is 4.59. The van der Waals surface area contributed by atoms with E-state index in [0.717, 1.165) is 23.2 Å². The van der Waals surface area contributed by atoms with Crippen molar-refractivity contribution in [1.29, 1.82) is 0 Å². The van der Waals surface area contributed by atoms with Crippen LogP contribution in [0.4, 0.5) is 5.69 Å². The van der Waals surface area contributed by atoms with Crippen LogP contribution in [0.25, 0.3) is 22.6 Å². The van der Waals surface area contributed by atoms with Crippen LogP contribution in [0.3, 0.4) is 0 Å². The summed E-state index contributed by atoms with van der Waals surface area (Å²) in [7, 11) is 0. The van der Waals surface area contributed by atoms with Crippen molar-refractivity contribution >= 4 is 5.69 Å². The largest absolute Gasteiger partial charge is 0.361 e. The normalized spacial score (nSPS) is 18.4. The highest BCUT2D eigenvalue weighted by Crippen LogP contribution is 2.37. The Hall–Kier alpha value is -2.95. The number of nitrogens with one attached hydrogen (secondary N) is 1. The maximum atomic E-state index is 12.6. The van der Waals surface area contributed by atoms with Gasteiger partial charge in [-0.15, -0.1) is 0 Å². The summed E-state index contributed by atoms with van der Waals surface area (Å²) in [5.41, 5.74) is 2.29. The summed E-state index contributed by atoms with van der Waals surface area (Å²) in [6.45, 7) is 4.16. The summed E-state index contributed by atoms with van der Waals surface area (Å²) < 4.78 is 1.85. The fraction of sp³-hybridized carbons (Fsp3) is 0.211. The summed E-state index contributed by atoms with van der Waals surface area (Å²) in [4.78, 5) is 17.0. The van der Waals surface area contributed by atoms with E-state index < -0.39 is 5.66 Å². The minimum Gasteiger partial charge on any atom is -0.361 e. The van der Waals surface area contributed by atoms with Crippen LogP contribution in [-0.4, -0.2) is 14.8 Å². The molecule has 0 saturated heterocycles. The molecule has 0 amide bonds. The topological polar surface area (TPSA) is 59.8 Å². The molecule has 1 aliphatic rings. The number of benzene rings is 2. The molecule has 1 aromatic heterocycles. The zero-order chi connectivity index (χ0) is 16.7. The van der Waals surface area contributed by atoms with Crippen molar-refractivity contribution in [3.05, 3.63) is 65.0 Å². The Bertz CT molecular complexity index is 965. The van der Waals surface area contributed by atoms with Crippen LogP contribution in [0.5, 0.6) is 0 Å². The van der Waals surface area contributed by atoms with Crippen LogP contribution >= 0.6 is 0 Å². The van der Waals surface area contributed by atoms with E-state index in [2.05, 4.69) is 29.2 Å². The van der Waals surface area contributed by atoms with Crippen molar-refractivity contribution < 1.29 is 0 Å². The van der Waals surface area contributed by atoms with Gasteiger partial charge >= 0.3 is 0 Å². The predicted octanol–water partition coefficient (Wildman–Crippen LogP) is 3.48. The number of nitrogens with zero attached hydrogens (tertiary/aromatic N) is 3. The van der Waals surface area contributed by atoms with Crippen LogP contribution in [0.2, 0.25) is 0 Å². The molecular weight excluding hydrogens is 300 g/mol.